The molecule has 0 fully saturated rings. The van der Waals surface area contributed by atoms with Crippen molar-refractivity contribution >= 4 is 0 Å². The summed E-state index contributed by atoms with van der Waals surface area (Å²) in [5.41, 5.74) is 2.10. The molecule has 25 heavy (non-hydrogen) atoms. The minimum atomic E-state index is -0.133. The zero-order chi connectivity index (χ0) is 19.0. The second-order valence-corrected chi connectivity index (χ2v) is 7.80. The van der Waals surface area contributed by atoms with Crippen molar-refractivity contribution < 1.29 is 4.84 Å². The predicted molar refractivity (Wildman–Crippen MR) is 109 cm³/mol. The molecule has 0 N–H and O–H groups in total. The van der Waals surface area contributed by atoms with Gasteiger partial charge < -0.3 is 0 Å². The fourth-order valence-corrected chi connectivity index (χ4v) is 2.75. The summed E-state index contributed by atoms with van der Waals surface area (Å²) >= 11 is 0. The van der Waals surface area contributed by atoms with Crippen molar-refractivity contribution in [2.75, 3.05) is 0 Å². The highest BCUT2D eigenvalue weighted by atomic mass is 16.7. The van der Waals surface area contributed by atoms with Crippen LogP contribution in [0.15, 0.2) is 66.8 Å². The summed E-state index contributed by atoms with van der Waals surface area (Å²) < 4.78 is 0. The molecular weight excluding hydrogens is 306 g/mol. The van der Waals surface area contributed by atoms with Gasteiger partial charge in [-0.25, -0.2) is 0 Å². The van der Waals surface area contributed by atoms with E-state index in [0.29, 0.717) is 5.92 Å². The van der Waals surface area contributed by atoms with Gasteiger partial charge in [-0.3, -0.25) is 4.84 Å². The monoisotopic (exact) mass is 341 g/mol. The Kier molecular flexibility index (Phi) is 8.34. The molecule has 0 spiro atoms. The summed E-state index contributed by atoms with van der Waals surface area (Å²) in [6, 6.07) is 10.8. The van der Waals surface area contributed by atoms with Gasteiger partial charge in [0.05, 0.1) is 6.04 Å². The molecular formula is C23H35NO. The Morgan fingerprint density at radius 3 is 2.16 bits per heavy atom. The third-order valence-corrected chi connectivity index (χ3v) is 4.09. The maximum atomic E-state index is 6.44. The average molecular weight is 342 g/mol. The van der Waals surface area contributed by atoms with Crippen molar-refractivity contribution in [2.45, 2.75) is 66.2 Å². The van der Waals surface area contributed by atoms with Crippen LogP contribution in [0.2, 0.25) is 0 Å². The summed E-state index contributed by atoms with van der Waals surface area (Å²) in [4.78, 5) is 6.44. The van der Waals surface area contributed by atoms with Crippen LogP contribution < -0.4 is 0 Å². The number of hydroxylamine groups is 2. The quantitative estimate of drug-likeness (QED) is 0.395. The van der Waals surface area contributed by atoms with Crippen LogP contribution in [0.5, 0.6) is 0 Å². The lowest BCUT2D eigenvalue weighted by Gasteiger charge is -2.44. The van der Waals surface area contributed by atoms with E-state index in [2.05, 4.69) is 83.5 Å². The second kappa shape index (κ2) is 9.74. The van der Waals surface area contributed by atoms with Crippen molar-refractivity contribution in [3.05, 3.63) is 72.4 Å². The van der Waals surface area contributed by atoms with Gasteiger partial charge >= 0.3 is 0 Å². The van der Waals surface area contributed by atoms with Crippen molar-refractivity contribution in [2.24, 2.45) is 5.92 Å². The van der Waals surface area contributed by atoms with E-state index in [1.54, 1.807) is 0 Å². The van der Waals surface area contributed by atoms with Crippen LogP contribution in [-0.2, 0) is 4.84 Å². The SMILES string of the molecule is C=C(C=CC=CC)C(C)ON(C(c1ccccc1)C(C)C)C(C)(C)C. The smallest absolute Gasteiger partial charge is 0.101 e. The number of hydrogen-bond acceptors (Lipinski definition) is 2. The Labute approximate surface area is 154 Å². The van der Waals surface area contributed by atoms with Crippen molar-refractivity contribution in [3.63, 3.8) is 0 Å². The first-order valence-electron chi connectivity index (χ1n) is 9.17. The molecule has 0 radical (unpaired) electrons. The fourth-order valence-electron chi connectivity index (χ4n) is 2.75. The lowest BCUT2D eigenvalue weighted by atomic mass is 9.92. The van der Waals surface area contributed by atoms with Gasteiger partial charge in [-0.15, -0.1) is 0 Å². The molecule has 1 aromatic rings. The molecule has 2 atom stereocenters. The molecule has 0 heterocycles. The molecule has 0 aliphatic rings. The largest absolute Gasteiger partial charge is 0.290 e. The van der Waals surface area contributed by atoms with E-state index in [0.717, 1.165) is 5.57 Å². The summed E-state index contributed by atoms with van der Waals surface area (Å²) in [6.07, 6.45) is 7.92. The van der Waals surface area contributed by atoms with Crippen LogP contribution in [0.4, 0.5) is 0 Å². The first kappa shape index (κ1) is 21.4. The summed E-state index contributed by atoms with van der Waals surface area (Å²) in [6.45, 7) is 19.3. The normalized spacial score (nSPS) is 15.4. The summed E-state index contributed by atoms with van der Waals surface area (Å²) in [7, 11) is 0. The molecule has 2 heteroatoms. The Hall–Kier alpha value is -1.64. The molecule has 0 aromatic heterocycles. The second-order valence-electron chi connectivity index (χ2n) is 7.80. The van der Waals surface area contributed by atoms with E-state index in [4.69, 9.17) is 4.84 Å². The molecule has 0 bridgehead atoms. The molecule has 0 aliphatic carbocycles. The van der Waals surface area contributed by atoms with Crippen LogP contribution in [0, 0.1) is 5.92 Å². The van der Waals surface area contributed by atoms with Gasteiger partial charge in [0.1, 0.15) is 6.10 Å². The maximum Gasteiger partial charge on any atom is 0.101 e. The lowest BCUT2D eigenvalue weighted by Crippen LogP contribution is -2.47. The van der Waals surface area contributed by atoms with Crippen molar-refractivity contribution in [3.8, 4) is 0 Å². The van der Waals surface area contributed by atoms with Crippen LogP contribution in [0.25, 0.3) is 0 Å². The Bertz CT molecular complexity index is 578. The molecule has 138 valence electrons. The molecule has 2 nitrogen and oxygen atoms in total. The molecule has 0 saturated carbocycles. The van der Waals surface area contributed by atoms with E-state index >= 15 is 0 Å². The number of allylic oxidation sites excluding steroid dienone is 3. The number of hydrogen-bond donors (Lipinski definition) is 0. The van der Waals surface area contributed by atoms with E-state index in [1.165, 1.54) is 5.56 Å². The highest BCUT2D eigenvalue weighted by molar-refractivity contribution is 5.23. The third kappa shape index (κ3) is 6.64. The highest BCUT2D eigenvalue weighted by Crippen LogP contribution is 2.35. The number of rotatable bonds is 8. The molecule has 2 unspecified atom stereocenters. The standard InChI is InChI=1S/C23H35NO/c1-9-10-12-15-19(4)20(5)25-24(23(6,7)8)22(18(2)3)21-16-13-11-14-17-21/h9-18,20,22H,4H2,1-3,5-8H3. The minimum absolute atomic E-state index is 0.0920. The molecule has 0 saturated heterocycles. The van der Waals surface area contributed by atoms with E-state index in [9.17, 15) is 0 Å². The van der Waals surface area contributed by atoms with Crippen LogP contribution in [-0.4, -0.2) is 16.7 Å². The van der Waals surface area contributed by atoms with Crippen LogP contribution >= 0.6 is 0 Å². The number of nitrogens with zero attached hydrogens (tertiary/aromatic N) is 1. The average Bonchev–Trinajstić information content (AvgIpc) is 2.54. The zero-order valence-electron chi connectivity index (χ0n) is 17.0. The third-order valence-electron chi connectivity index (χ3n) is 4.09. The maximum absolute atomic E-state index is 6.44. The van der Waals surface area contributed by atoms with Gasteiger partial charge in [-0.1, -0.05) is 75.1 Å². The Balaban J connectivity index is 3.09. The minimum Gasteiger partial charge on any atom is -0.290 e. The van der Waals surface area contributed by atoms with Crippen molar-refractivity contribution in [1.82, 2.24) is 5.06 Å². The Morgan fingerprint density at radius 1 is 1.08 bits per heavy atom. The van der Waals surface area contributed by atoms with Gasteiger partial charge in [0.25, 0.3) is 0 Å². The van der Waals surface area contributed by atoms with Crippen LogP contribution in [0.1, 0.15) is 60.1 Å². The molecule has 1 rings (SSSR count). The molecule has 1 aromatic carbocycles. The summed E-state index contributed by atoms with van der Waals surface area (Å²) in [5.74, 6) is 0.417. The van der Waals surface area contributed by atoms with Gasteiger partial charge in [-0.2, -0.15) is 5.06 Å². The van der Waals surface area contributed by atoms with Crippen LogP contribution in [0.3, 0.4) is 0 Å². The zero-order valence-corrected chi connectivity index (χ0v) is 17.0. The van der Waals surface area contributed by atoms with Gasteiger partial charge in [0.2, 0.25) is 0 Å². The molecule has 0 aliphatic heterocycles. The van der Waals surface area contributed by atoms with E-state index in [1.807, 2.05) is 31.2 Å². The van der Waals surface area contributed by atoms with Crippen molar-refractivity contribution in [1.29, 1.82) is 0 Å². The van der Waals surface area contributed by atoms with E-state index < -0.39 is 0 Å². The highest BCUT2D eigenvalue weighted by Gasteiger charge is 2.34. The number of benzene rings is 1. The van der Waals surface area contributed by atoms with Gasteiger partial charge in [0, 0.05) is 5.54 Å². The topological polar surface area (TPSA) is 12.5 Å². The Morgan fingerprint density at radius 2 is 1.68 bits per heavy atom. The predicted octanol–water partition coefficient (Wildman–Crippen LogP) is 6.49. The lowest BCUT2D eigenvalue weighted by molar-refractivity contribution is -0.261. The van der Waals surface area contributed by atoms with Gasteiger partial charge in [0.15, 0.2) is 0 Å². The molecule has 0 amide bonds. The van der Waals surface area contributed by atoms with Gasteiger partial charge in [-0.05, 0) is 51.7 Å². The van der Waals surface area contributed by atoms with E-state index in [-0.39, 0.29) is 17.7 Å². The first-order chi connectivity index (χ1) is 11.7. The first-order valence-corrected chi connectivity index (χ1v) is 9.17. The summed E-state index contributed by atoms with van der Waals surface area (Å²) in [5, 5.41) is 2.15. The fraction of sp³-hybridized carbons (Fsp3) is 0.478.